The molecule has 0 aromatic heterocycles. The number of ether oxygens (including phenoxy) is 1. The Labute approximate surface area is 140 Å². The van der Waals surface area contributed by atoms with E-state index in [0.29, 0.717) is 12.0 Å². The van der Waals surface area contributed by atoms with Gasteiger partial charge in [0.15, 0.2) is 0 Å². The molecule has 24 heavy (non-hydrogen) atoms. The zero-order chi connectivity index (χ0) is 17.4. The maximum Gasteiger partial charge on any atom is 0.328 e. The lowest BCUT2D eigenvalue weighted by molar-refractivity contribution is -0.145. The van der Waals surface area contributed by atoms with E-state index in [4.69, 9.17) is 4.74 Å². The number of amides is 1. The third kappa shape index (κ3) is 5.19. The average Bonchev–Trinajstić information content (AvgIpc) is 2.61. The summed E-state index contributed by atoms with van der Waals surface area (Å²) in [6.45, 7) is 0. The summed E-state index contributed by atoms with van der Waals surface area (Å²) in [6, 6.07) is 14.8. The number of halogens is 1. The Kier molecular flexibility index (Phi) is 6.49. The molecular formula is C19H20FNO3. The zero-order valence-electron chi connectivity index (χ0n) is 13.5. The molecule has 1 amide bonds. The van der Waals surface area contributed by atoms with Crippen LogP contribution in [0.15, 0.2) is 54.6 Å². The van der Waals surface area contributed by atoms with Crippen molar-refractivity contribution in [3.63, 3.8) is 0 Å². The van der Waals surface area contributed by atoms with Gasteiger partial charge in [0, 0.05) is 12.8 Å². The van der Waals surface area contributed by atoms with E-state index >= 15 is 0 Å². The minimum atomic E-state index is -0.907. The predicted molar refractivity (Wildman–Crippen MR) is 88.8 cm³/mol. The molecule has 0 fully saturated rings. The molecule has 0 saturated carbocycles. The fourth-order valence-electron chi connectivity index (χ4n) is 2.39. The highest BCUT2D eigenvalue weighted by molar-refractivity contribution is 5.84. The van der Waals surface area contributed by atoms with E-state index < -0.39 is 17.8 Å². The fourth-order valence-corrected chi connectivity index (χ4v) is 2.39. The van der Waals surface area contributed by atoms with Crippen LogP contribution in [0.4, 0.5) is 4.39 Å². The summed E-state index contributed by atoms with van der Waals surface area (Å²) in [4.78, 5) is 24.0. The minimum Gasteiger partial charge on any atom is -0.467 e. The second-order valence-electron chi connectivity index (χ2n) is 5.42. The smallest absolute Gasteiger partial charge is 0.328 e. The largest absolute Gasteiger partial charge is 0.467 e. The van der Waals surface area contributed by atoms with Gasteiger partial charge in [-0.05, 0) is 23.6 Å². The van der Waals surface area contributed by atoms with Gasteiger partial charge in [0.1, 0.15) is 11.9 Å². The van der Waals surface area contributed by atoms with Crippen LogP contribution in [0.3, 0.4) is 0 Å². The van der Waals surface area contributed by atoms with Crippen LogP contribution < -0.4 is 5.32 Å². The van der Waals surface area contributed by atoms with Crippen molar-refractivity contribution in [2.75, 3.05) is 7.11 Å². The number of nitrogens with one attached hydrogen (secondary N) is 1. The number of aryl methyl sites for hydroxylation is 1. The van der Waals surface area contributed by atoms with Crippen LogP contribution in [0.2, 0.25) is 0 Å². The predicted octanol–water partition coefficient (Wildman–Crippen LogP) is 2.66. The Balaban J connectivity index is 1.97. The molecule has 2 aromatic carbocycles. The van der Waals surface area contributed by atoms with Crippen molar-refractivity contribution in [2.24, 2.45) is 0 Å². The Hall–Kier alpha value is -2.69. The van der Waals surface area contributed by atoms with E-state index in [-0.39, 0.29) is 18.7 Å². The highest BCUT2D eigenvalue weighted by Crippen LogP contribution is 2.10. The van der Waals surface area contributed by atoms with E-state index in [1.165, 1.54) is 13.2 Å². The molecule has 0 heterocycles. The number of carbonyl (C=O) groups is 2. The van der Waals surface area contributed by atoms with Gasteiger partial charge < -0.3 is 10.1 Å². The van der Waals surface area contributed by atoms with Crippen molar-refractivity contribution in [1.29, 1.82) is 0 Å². The molecule has 1 atom stereocenters. The maximum atomic E-state index is 13.8. The third-order valence-electron chi connectivity index (χ3n) is 3.69. The molecule has 2 rings (SSSR count). The Morgan fingerprint density at radius 1 is 1.08 bits per heavy atom. The van der Waals surface area contributed by atoms with Crippen LogP contribution in [0.1, 0.15) is 17.5 Å². The summed E-state index contributed by atoms with van der Waals surface area (Å²) in [5.74, 6) is -1.28. The molecule has 2 aromatic rings. The summed E-state index contributed by atoms with van der Waals surface area (Å²) < 4.78 is 18.5. The van der Waals surface area contributed by atoms with Gasteiger partial charge in [0.2, 0.25) is 5.91 Å². The fraction of sp³-hybridized carbons (Fsp3) is 0.263. The summed E-state index contributed by atoms with van der Waals surface area (Å²) in [5, 5.41) is 2.63. The van der Waals surface area contributed by atoms with Gasteiger partial charge in [0.05, 0.1) is 7.11 Å². The number of rotatable bonds is 7. The monoisotopic (exact) mass is 329 g/mol. The van der Waals surface area contributed by atoms with Crippen LogP contribution in [0, 0.1) is 5.82 Å². The van der Waals surface area contributed by atoms with Gasteiger partial charge in [-0.15, -0.1) is 0 Å². The van der Waals surface area contributed by atoms with E-state index in [1.54, 1.807) is 18.2 Å². The SMILES string of the molecule is COC(=O)[C@H](Cc1ccccc1F)NC(=O)CCc1ccccc1. The number of esters is 1. The van der Waals surface area contributed by atoms with Gasteiger partial charge in [-0.3, -0.25) is 4.79 Å². The van der Waals surface area contributed by atoms with Gasteiger partial charge >= 0.3 is 5.97 Å². The van der Waals surface area contributed by atoms with Crippen LogP contribution in [-0.2, 0) is 27.2 Å². The van der Waals surface area contributed by atoms with E-state index in [2.05, 4.69) is 5.32 Å². The normalized spacial score (nSPS) is 11.6. The third-order valence-corrected chi connectivity index (χ3v) is 3.69. The first-order valence-electron chi connectivity index (χ1n) is 7.74. The first kappa shape index (κ1) is 17.7. The lowest BCUT2D eigenvalue weighted by atomic mass is 10.0. The average molecular weight is 329 g/mol. The second-order valence-corrected chi connectivity index (χ2v) is 5.42. The van der Waals surface area contributed by atoms with Crippen LogP contribution in [0.25, 0.3) is 0 Å². The number of methoxy groups -OCH3 is 1. The molecule has 4 nitrogen and oxygen atoms in total. The Bertz CT molecular complexity index is 688. The van der Waals surface area contributed by atoms with Gasteiger partial charge in [0.25, 0.3) is 0 Å². The lowest BCUT2D eigenvalue weighted by Crippen LogP contribution is -2.43. The minimum absolute atomic E-state index is 0.0520. The van der Waals surface area contributed by atoms with Crippen molar-refractivity contribution in [2.45, 2.75) is 25.3 Å². The van der Waals surface area contributed by atoms with Crippen LogP contribution in [-0.4, -0.2) is 25.0 Å². The standard InChI is InChI=1S/C19H20FNO3/c1-24-19(23)17(13-15-9-5-6-10-16(15)20)21-18(22)12-11-14-7-3-2-4-8-14/h2-10,17H,11-13H2,1H3,(H,21,22)/t17-/m0/s1. The lowest BCUT2D eigenvalue weighted by Gasteiger charge is -2.17. The van der Waals surface area contributed by atoms with E-state index in [0.717, 1.165) is 5.56 Å². The highest BCUT2D eigenvalue weighted by atomic mass is 19.1. The van der Waals surface area contributed by atoms with Gasteiger partial charge in [-0.25, -0.2) is 9.18 Å². The van der Waals surface area contributed by atoms with E-state index in [9.17, 15) is 14.0 Å². The van der Waals surface area contributed by atoms with Gasteiger partial charge in [-0.2, -0.15) is 0 Å². The molecule has 0 aliphatic rings. The Morgan fingerprint density at radius 3 is 2.42 bits per heavy atom. The molecular weight excluding hydrogens is 309 g/mol. The van der Waals surface area contributed by atoms with Crippen molar-refractivity contribution in [3.05, 3.63) is 71.5 Å². The van der Waals surface area contributed by atoms with Crippen molar-refractivity contribution < 1.29 is 18.7 Å². The number of hydrogen-bond acceptors (Lipinski definition) is 3. The second kappa shape index (κ2) is 8.82. The van der Waals surface area contributed by atoms with Crippen LogP contribution in [0.5, 0.6) is 0 Å². The molecule has 0 radical (unpaired) electrons. The zero-order valence-corrected chi connectivity index (χ0v) is 13.5. The molecule has 0 aliphatic carbocycles. The first-order chi connectivity index (χ1) is 11.6. The summed E-state index contributed by atoms with van der Waals surface area (Å²) in [6.07, 6.45) is 0.867. The van der Waals surface area contributed by atoms with E-state index in [1.807, 2.05) is 30.3 Å². The molecule has 0 saturated heterocycles. The van der Waals surface area contributed by atoms with Gasteiger partial charge in [-0.1, -0.05) is 48.5 Å². The molecule has 0 spiro atoms. The maximum absolute atomic E-state index is 13.8. The van der Waals surface area contributed by atoms with Crippen molar-refractivity contribution >= 4 is 11.9 Å². The van der Waals surface area contributed by atoms with Crippen molar-refractivity contribution in [1.82, 2.24) is 5.32 Å². The first-order valence-corrected chi connectivity index (χ1v) is 7.74. The number of benzene rings is 2. The van der Waals surface area contributed by atoms with Crippen LogP contribution >= 0.6 is 0 Å². The summed E-state index contributed by atoms with van der Waals surface area (Å²) >= 11 is 0. The highest BCUT2D eigenvalue weighted by Gasteiger charge is 2.23. The molecule has 0 unspecified atom stereocenters. The topological polar surface area (TPSA) is 55.4 Å². The molecule has 0 aliphatic heterocycles. The molecule has 1 N–H and O–H groups in total. The summed E-state index contributed by atoms with van der Waals surface area (Å²) in [5.41, 5.74) is 1.40. The molecule has 126 valence electrons. The number of carbonyl (C=O) groups excluding carboxylic acids is 2. The quantitative estimate of drug-likeness (QED) is 0.795. The molecule has 0 bridgehead atoms. The summed E-state index contributed by atoms with van der Waals surface area (Å²) in [7, 11) is 1.24. The number of hydrogen-bond donors (Lipinski definition) is 1. The molecule has 5 heteroatoms. The van der Waals surface area contributed by atoms with Crippen molar-refractivity contribution in [3.8, 4) is 0 Å². The Morgan fingerprint density at radius 2 is 1.75 bits per heavy atom.